The lowest BCUT2D eigenvalue weighted by atomic mass is 9.66. The molecule has 2 atom stereocenters. The Morgan fingerprint density at radius 1 is 0.864 bits per heavy atom. The van der Waals surface area contributed by atoms with Gasteiger partial charge in [-0.1, -0.05) is 63.1 Å². The average molecular weight is 321 g/mol. The maximum atomic E-state index is 11.6. The van der Waals surface area contributed by atoms with Crippen molar-refractivity contribution in [3.63, 3.8) is 0 Å². The molecule has 2 unspecified atom stereocenters. The van der Waals surface area contributed by atoms with E-state index >= 15 is 0 Å². The Kier molecular flexibility index (Phi) is 4.88. The van der Waals surface area contributed by atoms with E-state index in [0.717, 1.165) is 18.4 Å². The SMILES string of the molecule is O=S(=O)([O-])c1ccccc1C1CCCCC1C1CCCCC1. The highest BCUT2D eigenvalue weighted by Gasteiger charge is 2.34. The highest BCUT2D eigenvalue weighted by Crippen LogP contribution is 2.47. The fourth-order valence-electron chi connectivity index (χ4n) is 4.69. The van der Waals surface area contributed by atoms with Gasteiger partial charge in [0.05, 0.1) is 4.90 Å². The molecule has 1 aromatic rings. The second kappa shape index (κ2) is 6.71. The highest BCUT2D eigenvalue weighted by atomic mass is 32.2. The van der Waals surface area contributed by atoms with E-state index in [-0.39, 0.29) is 10.8 Å². The topological polar surface area (TPSA) is 57.2 Å². The fourth-order valence-corrected chi connectivity index (χ4v) is 5.44. The molecule has 0 bridgehead atoms. The third-order valence-electron chi connectivity index (χ3n) is 5.66. The zero-order valence-corrected chi connectivity index (χ0v) is 13.9. The minimum absolute atomic E-state index is 0.0164. The van der Waals surface area contributed by atoms with Crippen LogP contribution in [0, 0.1) is 11.8 Å². The van der Waals surface area contributed by atoms with Crippen LogP contribution in [0.5, 0.6) is 0 Å². The maximum Gasteiger partial charge on any atom is 0.124 e. The van der Waals surface area contributed by atoms with Crippen LogP contribution in [0.4, 0.5) is 0 Å². The highest BCUT2D eigenvalue weighted by molar-refractivity contribution is 7.85. The summed E-state index contributed by atoms with van der Waals surface area (Å²) in [6, 6.07) is 6.89. The van der Waals surface area contributed by atoms with Gasteiger partial charge in [0.2, 0.25) is 0 Å². The van der Waals surface area contributed by atoms with Gasteiger partial charge in [0, 0.05) is 0 Å². The largest absolute Gasteiger partial charge is 0.744 e. The summed E-state index contributed by atoms with van der Waals surface area (Å²) in [5, 5.41) is 0. The smallest absolute Gasteiger partial charge is 0.124 e. The Hall–Kier alpha value is -0.870. The van der Waals surface area contributed by atoms with E-state index in [2.05, 4.69) is 0 Å². The van der Waals surface area contributed by atoms with Crippen LogP contribution in [0.15, 0.2) is 29.2 Å². The van der Waals surface area contributed by atoms with E-state index in [1.165, 1.54) is 51.0 Å². The number of hydrogen-bond donors (Lipinski definition) is 0. The predicted octanol–water partition coefficient (Wildman–Crippen LogP) is 4.44. The first kappa shape index (κ1) is 16.0. The summed E-state index contributed by atoms with van der Waals surface area (Å²) in [6.45, 7) is 0. The first-order valence-corrected chi connectivity index (χ1v) is 10.0. The van der Waals surface area contributed by atoms with Crippen molar-refractivity contribution in [1.82, 2.24) is 0 Å². The van der Waals surface area contributed by atoms with E-state index in [1.54, 1.807) is 6.07 Å². The van der Waals surface area contributed by atoms with Crippen LogP contribution in [-0.2, 0) is 10.1 Å². The molecule has 3 rings (SSSR count). The van der Waals surface area contributed by atoms with E-state index in [4.69, 9.17) is 0 Å². The molecule has 4 heteroatoms. The Labute approximate surface area is 133 Å². The second-order valence-electron chi connectivity index (χ2n) is 6.94. The molecular weight excluding hydrogens is 296 g/mol. The molecular formula is C18H25O3S-. The molecule has 122 valence electrons. The Balaban J connectivity index is 1.94. The third kappa shape index (κ3) is 3.38. The zero-order valence-electron chi connectivity index (χ0n) is 13.0. The molecule has 3 nitrogen and oxygen atoms in total. The van der Waals surface area contributed by atoms with Crippen molar-refractivity contribution in [1.29, 1.82) is 0 Å². The lowest BCUT2D eigenvalue weighted by Gasteiger charge is -2.40. The van der Waals surface area contributed by atoms with E-state index in [1.807, 2.05) is 12.1 Å². The van der Waals surface area contributed by atoms with E-state index in [0.29, 0.717) is 11.8 Å². The number of hydrogen-bond acceptors (Lipinski definition) is 3. The average Bonchev–Trinajstić information content (AvgIpc) is 2.55. The maximum absolute atomic E-state index is 11.6. The first-order chi connectivity index (χ1) is 10.6. The molecule has 0 heterocycles. The third-order valence-corrected chi connectivity index (χ3v) is 6.57. The van der Waals surface area contributed by atoms with Crippen LogP contribution in [0.25, 0.3) is 0 Å². The van der Waals surface area contributed by atoms with Crippen molar-refractivity contribution >= 4 is 10.1 Å². The van der Waals surface area contributed by atoms with Crippen molar-refractivity contribution < 1.29 is 13.0 Å². The standard InChI is InChI=1S/C18H26O3S/c19-22(20,21)18-13-7-6-12-17(18)16-11-5-4-10-15(16)14-8-2-1-3-9-14/h6-7,12-16H,1-5,8-11H2,(H,19,20,21)/p-1. The van der Waals surface area contributed by atoms with Gasteiger partial charge in [0.15, 0.2) is 0 Å². The van der Waals surface area contributed by atoms with Gasteiger partial charge in [-0.25, -0.2) is 8.42 Å². The summed E-state index contributed by atoms with van der Waals surface area (Å²) in [4.78, 5) is 0.0164. The molecule has 22 heavy (non-hydrogen) atoms. The van der Waals surface area contributed by atoms with Crippen molar-refractivity contribution in [2.45, 2.75) is 68.6 Å². The van der Waals surface area contributed by atoms with Gasteiger partial charge >= 0.3 is 0 Å². The molecule has 1 aromatic carbocycles. The van der Waals surface area contributed by atoms with Crippen LogP contribution < -0.4 is 0 Å². The first-order valence-electron chi connectivity index (χ1n) is 8.62. The molecule has 0 N–H and O–H groups in total. The van der Waals surface area contributed by atoms with Gasteiger partial charge in [0.25, 0.3) is 0 Å². The van der Waals surface area contributed by atoms with Gasteiger partial charge in [0.1, 0.15) is 10.1 Å². The minimum Gasteiger partial charge on any atom is -0.744 e. The normalized spacial score (nSPS) is 27.7. The molecule has 0 saturated heterocycles. The predicted molar refractivity (Wildman–Crippen MR) is 85.7 cm³/mol. The van der Waals surface area contributed by atoms with Gasteiger partial charge in [-0.3, -0.25) is 0 Å². The Morgan fingerprint density at radius 2 is 1.50 bits per heavy atom. The van der Waals surface area contributed by atoms with Crippen molar-refractivity contribution in [2.24, 2.45) is 11.8 Å². The van der Waals surface area contributed by atoms with E-state index < -0.39 is 10.1 Å². The summed E-state index contributed by atoms with van der Waals surface area (Å²) < 4.78 is 34.9. The van der Waals surface area contributed by atoms with Crippen molar-refractivity contribution in [3.05, 3.63) is 29.8 Å². The van der Waals surface area contributed by atoms with Crippen LogP contribution in [0.2, 0.25) is 0 Å². The van der Waals surface area contributed by atoms with Gasteiger partial charge in [-0.15, -0.1) is 0 Å². The van der Waals surface area contributed by atoms with Crippen molar-refractivity contribution in [3.8, 4) is 0 Å². The molecule has 2 aliphatic carbocycles. The Morgan fingerprint density at radius 3 is 2.23 bits per heavy atom. The lowest BCUT2D eigenvalue weighted by molar-refractivity contribution is 0.168. The summed E-state index contributed by atoms with van der Waals surface area (Å²) in [7, 11) is -4.39. The van der Waals surface area contributed by atoms with Gasteiger partial charge in [-0.2, -0.15) is 0 Å². The molecule has 0 radical (unpaired) electrons. The molecule has 0 aliphatic heterocycles. The van der Waals surface area contributed by atoms with Crippen LogP contribution in [-0.4, -0.2) is 13.0 Å². The molecule has 2 fully saturated rings. The van der Waals surface area contributed by atoms with Gasteiger partial charge in [-0.05, 0) is 42.2 Å². The molecule has 0 spiro atoms. The van der Waals surface area contributed by atoms with E-state index in [9.17, 15) is 13.0 Å². The lowest BCUT2D eigenvalue weighted by Crippen LogP contribution is -2.28. The molecule has 0 amide bonds. The van der Waals surface area contributed by atoms with Crippen LogP contribution >= 0.6 is 0 Å². The Bertz CT molecular complexity index is 603. The van der Waals surface area contributed by atoms with Gasteiger partial charge < -0.3 is 4.55 Å². The minimum atomic E-state index is -4.39. The zero-order chi connectivity index (χ0) is 15.6. The fraction of sp³-hybridized carbons (Fsp3) is 0.667. The molecule has 2 saturated carbocycles. The number of benzene rings is 1. The molecule has 0 aromatic heterocycles. The van der Waals surface area contributed by atoms with Crippen LogP contribution in [0.3, 0.4) is 0 Å². The summed E-state index contributed by atoms with van der Waals surface area (Å²) >= 11 is 0. The quantitative estimate of drug-likeness (QED) is 0.773. The van der Waals surface area contributed by atoms with Crippen molar-refractivity contribution in [2.75, 3.05) is 0 Å². The monoisotopic (exact) mass is 321 g/mol. The number of rotatable bonds is 3. The van der Waals surface area contributed by atoms with Crippen LogP contribution in [0.1, 0.15) is 69.3 Å². The second-order valence-corrected chi connectivity index (χ2v) is 8.29. The summed E-state index contributed by atoms with van der Waals surface area (Å²) in [6.07, 6.45) is 11.1. The molecule has 2 aliphatic rings. The summed E-state index contributed by atoms with van der Waals surface area (Å²) in [5.74, 6) is 1.51. The summed E-state index contributed by atoms with van der Waals surface area (Å²) in [5.41, 5.74) is 0.785.